The number of anilines is 1. The number of rotatable bonds is 7. The Labute approximate surface area is 152 Å². The molecule has 13 heteroatoms. The molecule has 0 saturated carbocycles. The lowest BCUT2D eigenvalue weighted by Gasteiger charge is -2.20. The number of aromatic nitrogens is 6. The topological polar surface area (TPSA) is 138 Å². The zero-order chi connectivity index (χ0) is 19.4. The standard InChI is InChI=1S/C14H14F2N8O2S/c1-27(25,26)19-7-12(10-3-2-9(15)4-11(10)16)20-14-17-5-8(6-18-14)13-21-23-24-22-13/h2-6,12,19H,7H2,1H3,(H,17,18,20)(H,21,22,23,24). The Balaban J connectivity index is 1.84. The number of nitrogens with one attached hydrogen (secondary N) is 3. The highest BCUT2D eigenvalue weighted by Gasteiger charge is 2.19. The number of H-pyrrole nitrogens is 1. The highest BCUT2D eigenvalue weighted by molar-refractivity contribution is 7.88. The molecule has 0 fully saturated rings. The highest BCUT2D eigenvalue weighted by Crippen LogP contribution is 2.22. The van der Waals surface area contributed by atoms with Crippen molar-refractivity contribution in [2.45, 2.75) is 6.04 Å². The van der Waals surface area contributed by atoms with Crippen LogP contribution in [0.4, 0.5) is 14.7 Å². The van der Waals surface area contributed by atoms with Crippen LogP contribution < -0.4 is 10.0 Å². The van der Waals surface area contributed by atoms with Gasteiger partial charge in [0.1, 0.15) is 11.6 Å². The summed E-state index contributed by atoms with van der Waals surface area (Å²) in [6.07, 6.45) is 3.83. The van der Waals surface area contributed by atoms with Crippen LogP contribution >= 0.6 is 0 Å². The second-order valence-corrected chi connectivity index (χ2v) is 7.36. The maximum atomic E-state index is 14.1. The molecule has 0 aliphatic rings. The van der Waals surface area contributed by atoms with E-state index in [2.05, 4.69) is 40.6 Å². The van der Waals surface area contributed by atoms with E-state index in [0.29, 0.717) is 17.5 Å². The number of tetrazole rings is 1. The molecule has 0 aliphatic heterocycles. The molecule has 1 unspecified atom stereocenters. The molecule has 0 amide bonds. The molecular weight excluding hydrogens is 382 g/mol. The minimum absolute atomic E-state index is 0.0552. The molecule has 0 aliphatic carbocycles. The first-order valence-electron chi connectivity index (χ1n) is 7.54. The summed E-state index contributed by atoms with van der Waals surface area (Å²) >= 11 is 0. The first-order valence-corrected chi connectivity index (χ1v) is 9.43. The lowest BCUT2D eigenvalue weighted by atomic mass is 10.1. The predicted octanol–water partition coefficient (Wildman–Crippen LogP) is 0.637. The molecule has 0 spiro atoms. The largest absolute Gasteiger partial charge is 0.346 e. The fraction of sp³-hybridized carbons (Fsp3) is 0.214. The number of hydrogen-bond acceptors (Lipinski definition) is 8. The molecule has 142 valence electrons. The predicted molar refractivity (Wildman–Crippen MR) is 90.8 cm³/mol. The minimum atomic E-state index is -3.53. The zero-order valence-electron chi connectivity index (χ0n) is 13.9. The molecule has 0 radical (unpaired) electrons. The van der Waals surface area contributed by atoms with Gasteiger partial charge in [0.2, 0.25) is 16.0 Å². The lowest BCUT2D eigenvalue weighted by molar-refractivity contribution is 0.552. The molecule has 27 heavy (non-hydrogen) atoms. The van der Waals surface area contributed by atoms with Crippen molar-refractivity contribution in [3.05, 3.63) is 47.8 Å². The van der Waals surface area contributed by atoms with Gasteiger partial charge in [-0.05, 0) is 16.5 Å². The minimum Gasteiger partial charge on any atom is -0.346 e. The first-order chi connectivity index (χ1) is 12.8. The summed E-state index contributed by atoms with van der Waals surface area (Å²) in [5.41, 5.74) is 0.573. The monoisotopic (exact) mass is 396 g/mol. The third kappa shape index (κ3) is 4.98. The van der Waals surface area contributed by atoms with Crippen molar-refractivity contribution < 1.29 is 17.2 Å². The van der Waals surface area contributed by atoms with Crippen molar-refractivity contribution >= 4 is 16.0 Å². The van der Waals surface area contributed by atoms with Crippen LogP contribution in [-0.2, 0) is 10.0 Å². The van der Waals surface area contributed by atoms with E-state index in [1.54, 1.807) is 0 Å². The number of benzene rings is 1. The number of hydrogen-bond donors (Lipinski definition) is 3. The van der Waals surface area contributed by atoms with Crippen molar-refractivity contribution in [3.63, 3.8) is 0 Å². The second-order valence-electron chi connectivity index (χ2n) is 5.53. The molecule has 1 atom stereocenters. The fourth-order valence-electron chi connectivity index (χ4n) is 2.22. The first kappa shape index (κ1) is 18.7. The van der Waals surface area contributed by atoms with Crippen molar-refractivity contribution in [1.82, 2.24) is 35.3 Å². The normalized spacial score (nSPS) is 12.7. The van der Waals surface area contributed by atoms with Gasteiger partial charge in [-0.15, -0.1) is 5.10 Å². The van der Waals surface area contributed by atoms with Gasteiger partial charge >= 0.3 is 0 Å². The molecule has 0 saturated heterocycles. The number of nitrogens with zero attached hydrogens (tertiary/aromatic N) is 5. The average Bonchev–Trinajstić information content (AvgIpc) is 3.13. The van der Waals surface area contributed by atoms with Gasteiger partial charge in [-0.2, -0.15) is 0 Å². The van der Waals surface area contributed by atoms with Gasteiger partial charge in [-0.25, -0.2) is 37.0 Å². The second kappa shape index (κ2) is 7.67. The van der Waals surface area contributed by atoms with Crippen molar-refractivity contribution in [2.75, 3.05) is 18.1 Å². The third-order valence-electron chi connectivity index (χ3n) is 3.46. The SMILES string of the molecule is CS(=O)(=O)NCC(Nc1ncc(-c2nnn[nH]2)cn1)c1ccc(F)cc1F. The average molecular weight is 396 g/mol. The van der Waals surface area contributed by atoms with E-state index < -0.39 is 27.7 Å². The zero-order valence-corrected chi connectivity index (χ0v) is 14.7. The molecule has 10 nitrogen and oxygen atoms in total. The molecule has 2 heterocycles. The quantitative estimate of drug-likeness (QED) is 0.529. The van der Waals surface area contributed by atoms with Crippen LogP contribution in [0.5, 0.6) is 0 Å². The van der Waals surface area contributed by atoms with Gasteiger partial charge in [0.05, 0.1) is 17.9 Å². The van der Waals surface area contributed by atoms with Crippen LogP contribution in [0.3, 0.4) is 0 Å². The van der Waals surface area contributed by atoms with Crippen LogP contribution in [0.25, 0.3) is 11.4 Å². The van der Waals surface area contributed by atoms with Crippen molar-refractivity contribution in [2.24, 2.45) is 0 Å². The Hall–Kier alpha value is -3.06. The highest BCUT2D eigenvalue weighted by atomic mass is 32.2. The maximum Gasteiger partial charge on any atom is 0.223 e. The summed E-state index contributed by atoms with van der Waals surface area (Å²) in [5, 5.41) is 16.0. The van der Waals surface area contributed by atoms with Crippen molar-refractivity contribution in [1.29, 1.82) is 0 Å². The van der Waals surface area contributed by atoms with E-state index in [0.717, 1.165) is 12.3 Å². The summed E-state index contributed by atoms with van der Waals surface area (Å²) in [6, 6.07) is 2.14. The summed E-state index contributed by atoms with van der Waals surface area (Å²) in [5.74, 6) is -1.10. The molecule has 1 aromatic carbocycles. The fourth-order valence-corrected chi connectivity index (χ4v) is 2.69. The van der Waals surface area contributed by atoms with Crippen LogP contribution in [0.1, 0.15) is 11.6 Å². The number of sulfonamides is 1. The Morgan fingerprint density at radius 3 is 2.56 bits per heavy atom. The van der Waals surface area contributed by atoms with E-state index in [1.807, 2.05) is 0 Å². The summed E-state index contributed by atoms with van der Waals surface area (Å²) in [7, 11) is -3.53. The maximum absolute atomic E-state index is 14.1. The lowest BCUT2D eigenvalue weighted by Crippen LogP contribution is -2.31. The van der Waals surface area contributed by atoms with Crippen LogP contribution in [-0.4, -0.2) is 51.8 Å². The molecule has 0 bridgehead atoms. The Bertz CT molecular complexity index is 1010. The third-order valence-corrected chi connectivity index (χ3v) is 4.15. The van der Waals surface area contributed by atoms with Gasteiger partial charge in [0.25, 0.3) is 0 Å². The van der Waals surface area contributed by atoms with Crippen molar-refractivity contribution in [3.8, 4) is 11.4 Å². The van der Waals surface area contributed by atoms with Gasteiger partial charge < -0.3 is 5.32 Å². The Morgan fingerprint density at radius 1 is 1.22 bits per heavy atom. The van der Waals surface area contributed by atoms with Gasteiger partial charge in [0.15, 0.2) is 5.82 Å². The van der Waals surface area contributed by atoms with E-state index in [9.17, 15) is 17.2 Å². The van der Waals surface area contributed by atoms with Gasteiger partial charge in [-0.3, -0.25) is 0 Å². The summed E-state index contributed by atoms with van der Waals surface area (Å²) in [4.78, 5) is 8.16. The molecular formula is C14H14F2N8O2S. The van der Waals surface area contributed by atoms with E-state index in [4.69, 9.17) is 0 Å². The van der Waals surface area contributed by atoms with Crippen LogP contribution in [0.15, 0.2) is 30.6 Å². The van der Waals surface area contributed by atoms with Gasteiger partial charge in [0, 0.05) is 30.6 Å². The van der Waals surface area contributed by atoms with Crippen LogP contribution in [0.2, 0.25) is 0 Å². The molecule has 2 aromatic heterocycles. The van der Waals surface area contributed by atoms with E-state index in [1.165, 1.54) is 18.5 Å². The summed E-state index contributed by atoms with van der Waals surface area (Å²) in [6.45, 7) is -0.196. The number of halogens is 2. The number of aromatic amines is 1. The van der Waals surface area contributed by atoms with Crippen LogP contribution in [0, 0.1) is 11.6 Å². The van der Waals surface area contributed by atoms with E-state index in [-0.39, 0.29) is 18.1 Å². The summed E-state index contributed by atoms with van der Waals surface area (Å²) < 4.78 is 52.4. The Kier molecular flexibility index (Phi) is 5.32. The molecule has 3 aromatic rings. The van der Waals surface area contributed by atoms with Gasteiger partial charge in [-0.1, -0.05) is 6.07 Å². The molecule has 3 N–H and O–H groups in total. The Morgan fingerprint density at radius 2 is 1.96 bits per heavy atom. The van der Waals surface area contributed by atoms with E-state index >= 15 is 0 Å². The molecule has 3 rings (SSSR count). The smallest absolute Gasteiger partial charge is 0.223 e.